The van der Waals surface area contributed by atoms with Gasteiger partial charge in [0, 0.05) is 48.7 Å². The van der Waals surface area contributed by atoms with Gasteiger partial charge in [-0.1, -0.05) is 135 Å². The summed E-state index contributed by atoms with van der Waals surface area (Å²) in [5.41, 5.74) is 7.29. The van der Waals surface area contributed by atoms with Crippen LogP contribution >= 0.6 is 11.3 Å². The third kappa shape index (κ3) is 4.62. The molecule has 9 rings (SSSR count). The van der Waals surface area contributed by atoms with Gasteiger partial charge < -0.3 is 4.74 Å². The van der Waals surface area contributed by atoms with Crippen molar-refractivity contribution in [3.63, 3.8) is 0 Å². The topological polar surface area (TPSA) is 47.9 Å². The van der Waals surface area contributed by atoms with E-state index in [-0.39, 0.29) is 5.41 Å². The van der Waals surface area contributed by atoms with Gasteiger partial charge in [0.2, 0.25) is 0 Å². The minimum atomic E-state index is -0.226. The van der Waals surface area contributed by atoms with Crippen LogP contribution in [0, 0.1) is 0 Å². The van der Waals surface area contributed by atoms with Gasteiger partial charge in [-0.05, 0) is 29.3 Å². The molecule has 1 aliphatic rings. The second-order valence-electron chi connectivity index (χ2n) is 12.5. The smallest absolute Gasteiger partial charge is 0.164 e. The summed E-state index contributed by atoms with van der Waals surface area (Å²) in [6.45, 7) is 4.60. The third-order valence-corrected chi connectivity index (χ3v) is 10.4. The van der Waals surface area contributed by atoms with Crippen molar-refractivity contribution >= 4 is 31.5 Å². The Morgan fingerprint density at radius 1 is 0.489 bits per heavy atom. The zero-order valence-corrected chi connectivity index (χ0v) is 26.8. The molecule has 224 valence electrons. The predicted molar refractivity (Wildman–Crippen MR) is 193 cm³/mol. The Bertz CT molecular complexity index is 2390. The monoisotopic (exact) mass is 623 g/mol. The van der Waals surface area contributed by atoms with Crippen molar-refractivity contribution in [2.24, 2.45) is 0 Å². The lowest BCUT2D eigenvalue weighted by molar-refractivity contribution is 0.424. The molecule has 0 fully saturated rings. The zero-order chi connectivity index (χ0) is 31.5. The van der Waals surface area contributed by atoms with E-state index < -0.39 is 0 Å². The summed E-state index contributed by atoms with van der Waals surface area (Å²) >= 11 is 1.81. The molecule has 0 saturated heterocycles. The largest absolute Gasteiger partial charge is 0.455 e. The summed E-state index contributed by atoms with van der Waals surface area (Å²) in [6, 6.07) is 48.3. The van der Waals surface area contributed by atoms with Crippen molar-refractivity contribution in [1.29, 1.82) is 0 Å². The van der Waals surface area contributed by atoms with Gasteiger partial charge in [-0.2, -0.15) is 0 Å². The molecule has 0 radical (unpaired) electrons. The van der Waals surface area contributed by atoms with Crippen LogP contribution < -0.4 is 4.74 Å². The second kappa shape index (κ2) is 10.7. The van der Waals surface area contributed by atoms with Crippen molar-refractivity contribution in [1.82, 2.24) is 15.0 Å². The third-order valence-electron chi connectivity index (χ3n) is 9.22. The van der Waals surface area contributed by atoms with Crippen LogP contribution in [0.3, 0.4) is 0 Å². The lowest BCUT2D eigenvalue weighted by Gasteiger charge is -2.35. The fourth-order valence-electron chi connectivity index (χ4n) is 6.65. The first-order valence-electron chi connectivity index (χ1n) is 15.8. The maximum Gasteiger partial charge on any atom is 0.164 e. The first-order chi connectivity index (χ1) is 23.0. The van der Waals surface area contributed by atoms with E-state index in [0.717, 1.165) is 39.3 Å². The molecule has 5 heteroatoms. The van der Waals surface area contributed by atoms with Crippen molar-refractivity contribution in [2.75, 3.05) is 0 Å². The van der Waals surface area contributed by atoms with Crippen molar-refractivity contribution in [3.05, 3.63) is 151 Å². The average molecular weight is 624 g/mol. The highest BCUT2D eigenvalue weighted by atomic mass is 32.1. The Hall–Kier alpha value is -5.65. The van der Waals surface area contributed by atoms with Crippen LogP contribution in [0.1, 0.15) is 25.0 Å². The van der Waals surface area contributed by atoms with E-state index in [0.29, 0.717) is 17.5 Å². The Kier molecular flexibility index (Phi) is 6.30. The van der Waals surface area contributed by atoms with E-state index in [9.17, 15) is 0 Å². The first-order valence-corrected chi connectivity index (χ1v) is 16.6. The Balaban J connectivity index is 1.08. The number of ether oxygens (including phenoxy) is 1. The van der Waals surface area contributed by atoms with Crippen LogP contribution in [0.2, 0.25) is 0 Å². The van der Waals surface area contributed by atoms with E-state index >= 15 is 0 Å². The van der Waals surface area contributed by atoms with E-state index in [1.807, 2.05) is 72.0 Å². The summed E-state index contributed by atoms with van der Waals surface area (Å²) < 4.78 is 9.21. The molecule has 0 spiro atoms. The second-order valence-corrected chi connectivity index (χ2v) is 13.5. The van der Waals surface area contributed by atoms with Crippen LogP contribution in [-0.2, 0) is 5.41 Å². The van der Waals surface area contributed by atoms with Gasteiger partial charge in [0.1, 0.15) is 11.5 Å². The Labute approximate surface area is 277 Å². The summed E-state index contributed by atoms with van der Waals surface area (Å²) in [5.74, 6) is 3.86. The minimum Gasteiger partial charge on any atom is -0.455 e. The highest BCUT2D eigenvalue weighted by Gasteiger charge is 2.36. The Morgan fingerprint density at radius 2 is 1.04 bits per heavy atom. The van der Waals surface area contributed by atoms with E-state index in [4.69, 9.17) is 19.7 Å². The van der Waals surface area contributed by atoms with Gasteiger partial charge >= 0.3 is 0 Å². The van der Waals surface area contributed by atoms with E-state index in [1.165, 1.54) is 31.3 Å². The molecule has 4 nitrogen and oxygen atoms in total. The molecule has 0 unspecified atom stereocenters. The molecule has 8 aromatic rings. The number of thiophene rings is 1. The lowest BCUT2D eigenvalue weighted by Crippen LogP contribution is -2.24. The molecule has 1 aliphatic heterocycles. The molecule has 0 N–H and O–H groups in total. The van der Waals surface area contributed by atoms with Crippen molar-refractivity contribution in [2.45, 2.75) is 19.3 Å². The lowest BCUT2D eigenvalue weighted by atomic mass is 9.75. The van der Waals surface area contributed by atoms with Gasteiger partial charge in [-0.15, -0.1) is 11.3 Å². The maximum absolute atomic E-state index is 6.71. The van der Waals surface area contributed by atoms with Crippen LogP contribution in [-0.4, -0.2) is 15.0 Å². The molecular weight excluding hydrogens is 595 g/mol. The van der Waals surface area contributed by atoms with Gasteiger partial charge in [0.05, 0.1) is 4.70 Å². The molecule has 0 bridgehead atoms. The normalized spacial score (nSPS) is 13.2. The van der Waals surface area contributed by atoms with Crippen LogP contribution in [0.5, 0.6) is 11.5 Å². The van der Waals surface area contributed by atoms with E-state index in [2.05, 4.69) is 92.7 Å². The number of benzene rings is 6. The van der Waals surface area contributed by atoms with Crippen LogP contribution in [0.25, 0.3) is 65.5 Å². The molecule has 0 saturated carbocycles. The first kappa shape index (κ1) is 27.6. The van der Waals surface area contributed by atoms with Gasteiger partial charge in [-0.25, -0.2) is 15.0 Å². The fourth-order valence-corrected chi connectivity index (χ4v) is 7.84. The molecule has 0 amide bonds. The summed E-state index contributed by atoms with van der Waals surface area (Å²) in [7, 11) is 0. The molecule has 3 heterocycles. The molecule has 0 atom stereocenters. The number of aromatic nitrogens is 3. The average Bonchev–Trinajstić information content (AvgIpc) is 3.52. The standard InChI is InChI=1S/C42H29N3OS/c1-42(2)33-23-22-32-31-15-9-10-16-36(31)47-38(32)37(33)46-35-24-21-30(25-34(35)42)26-17-19-29(20-18-26)41-44-39(27-11-5-3-6-12-27)43-40(45-41)28-13-7-4-8-14-28/h3-25H,1-2H3. The van der Waals surface area contributed by atoms with Gasteiger partial charge in [0.25, 0.3) is 0 Å². The highest BCUT2D eigenvalue weighted by molar-refractivity contribution is 7.26. The minimum absolute atomic E-state index is 0.226. The Morgan fingerprint density at radius 3 is 1.70 bits per heavy atom. The summed E-state index contributed by atoms with van der Waals surface area (Å²) in [5, 5.41) is 2.54. The number of fused-ring (bicyclic) bond motifs is 6. The van der Waals surface area contributed by atoms with E-state index in [1.54, 1.807) is 0 Å². The van der Waals surface area contributed by atoms with Crippen molar-refractivity contribution < 1.29 is 4.74 Å². The SMILES string of the molecule is CC1(C)c2cc(-c3ccc(-c4nc(-c5ccccc5)nc(-c5ccccc5)n4)cc3)ccc2Oc2c1ccc1c2sc2ccccc21. The number of hydrogen-bond donors (Lipinski definition) is 0. The molecule has 6 aromatic carbocycles. The fraction of sp³-hybridized carbons (Fsp3) is 0.0714. The van der Waals surface area contributed by atoms with Crippen molar-refractivity contribution in [3.8, 4) is 56.8 Å². The molecule has 47 heavy (non-hydrogen) atoms. The maximum atomic E-state index is 6.71. The highest BCUT2D eigenvalue weighted by Crippen LogP contribution is 2.53. The number of hydrogen-bond acceptors (Lipinski definition) is 5. The van der Waals surface area contributed by atoms with Gasteiger partial charge in [-0.3, -0.25) is 0 Å². The number of nitrogens with zero attached hydrogens (tertiary/aromatic N) is 3. The van der Waals surface area contributed by atoms with Gasteiger partial charge in [0.15, 0.2) is 17.5 Å². The molecular formula is C42H29N3OS. The summed E-state index contributed by atoms with van der Waals surface area (Å²) in [6.07, 6.45) is 0. The molecule has 0 aliphatic carbocycles. The van der Waals surface area contributed by atoms with Crippen LogP contribution in [0.15, 0.2) is 140 Å². The quantitative estimate of drug-likeness (QED) is 0.196. The predicted octanol–water partition coefficient (Wildman–Crippen LogP) is 11.3. The molecule has 2 aromatic heterocycles. The number of rotatable bonds is 4. The zero-order valence-electron chi connectivity index (χ0n) is 25.9. The van der Waals surface area contributed by atoms with Crippen LogP contribution in [0.4, 0.5) is 0 Å². The summed E-state index contributed by atoms with van der Waals surface area (Å²) in [4.78, 5) is 14.6.